The summed E-state index contributed by atoms with van der Waals surface area (Å²) in [6.45, 7) is 4.78. The fourth-order valence-electron chi connectivity index (χ4n) is 10.1. The minimum Gasteiger partial charge on any atom is -0.0622 e. The minimum absolute atomic E-state index is 0.150. The second-order valence-electron chi connectivity index (χ2n) is 16.9. The quantitative estimate of drug-likeness (QED) is 0.154. The Kier molecular flexibility index (Phi) is 7.38. The molecular weight excluding hydrogens is 709 g/mol. The average Bonchev–Trinajstić information content (AvgIpc) is 3.52. The minimum atomic E-state index is -0.150. The molecule has 11 aromatic carbocycles. The Hall–Kier alpha value is -7.28. The molecule has 0 N–H and O–H groups in total. The van der Waals surface area contributed by atoms with Crippen molar-refractivity contribution in [3.63, 3.8) is 0 Å². The first kappa shape index (κ1) is 33.8. The van der Waals surface area contributed by atoms with Crippen LogP contribution in [-0.4, -0.2) is 0 Å². The summed E-state index contributed by atoms with van der Waals surface area (Å²) in [6, 6.07) is 77.1. The van der Waals surface area contributed by atoms with Gasteiger partial charge in [0.15, 0.2) is 0 Å². The third-order valence-corrected chi connectivity index (χ3v) is 13.2. The Morgan fingerprint density at radius 1 is 0.254 bits per heavy atom. The molecule has 0 radical (unpaired) electrons. The van der Waals surface area contributed by atoms with Crippen LogP contribution in [0.1, 0.15) is 25.0 Å². The van der Waals surface area contributed by atoms with Gasteiger partial charge < -0.3 is 0 Å². The van der Waals surface area contributed by atoms with Gasteiger partial charge in [-0.2, -0.15) is 0 Å². The SMILES string of the molecule is CC1(C)c2cc(-c3cc(-c4ccccc4)cc(-c4cccc(-c5ccc6ccc7cccc8ccc5c6c78)c4)c3)ccc2-c2ccc(-c3ccc4ccccc4c3)cc21. The molecule has 1 aliphatic rings. The predicted octanol–water partition coefficient (Wildman–Crippen LogP) is 16.4. The van der Waals surface area contributed by atoms with Crippen LogP contribution in [0, 0.1) is 0 Å². The van der Waals surface area contributed by atoms with Gasteiger partial charge in [0.05, 0.1) is 0 Å². The van der Waals surface area contributed by atoms with Crippen LogP contribution >= 0.6 is 0 Å². The number of hydrogen-bond acceptors (Lipinski definition) is 0. The van der Waals surface area contributed by atoms with E-state index in [0.29, 0.717) is 0 Å². The van der Waals surface area contributed by atoms with Crippen LogP contribution in [0.25, 0.3) is 110 Å². The molecule has 12 rings (SSSR count). The van der Waals surface area contributed by atoms with Crippen molar-refractivity contribution in [2.75, 3.05) is 0 Å². The van der Waals surface area contributed by atoms with Crippen LogP contribution in [0.3, 0.4) is 0 Å². The molecule has 0 bridgehead atoms. The highest BCUT2D eigenvalue weighted by atomic mass is 14.4. The molecule has 0 fully saturated rings. The van der Waals surface area contributed by atoms with Crippen molar-refractivity contribution in [1.82, 2.24) is 0 Å². The largest absolute Gasteiger partial charge is 0.0622 e. The topological polar surface area (TPSA) is 0 Å². The third-order valence-electron chi connectivity index (χ3n) is 13.2. The van der Waals surface area contributed by atoms with Gasteiger partial charge in [0, 0.05) is 5.41 Å². The van der Waals surface area contributed by atoms with E-state index in [9.17, 15) is 0 Å². The lowest BCUT2D eigenvalue weighted by Crippen LogP contribution is -2.15. The summed E-state index contributed by atoms with van der Waals surface area (Å²) >= 11 is 0. The van der Waals surface area contributed by atoms with Crippen molar-refractivity contribution < 1.29 is 0 Å². The van der Waals surface area contributed by atoms with Gasteiger partial charge in [-0.1, -0.05) is 178 Å². The van der Waals surface area contributed by atoms with E-state index in [-0.39, 0.29) is 5.41 Å². The number of hydrogen-bond donors (Lipinski definition) is 0. The molecule has 0 unspecified atom stereocenters. The van der Waals surface area contributed by atoms with E-state index >= 15 is 0 Å². The molecule has 0 heterocycles. The summed E-state index contributed by atoms with van der Waals surface area (Å²) in [6.07, 6.45) is 0. The number of benzene rings is 11. The highest BCUT2D eigenvalue weighted by Gasteiger charge is 2.36. The molecule has 0 spiro atoms. The molecule has 0 nitrogen and oxygen atoms in total. The zero-order valence-corrected chi connectivity index (χ0v) is 33.1. The van der Waals surface area contributed by atoms with Crippen molar-refractivity contribution in [2.45, 2.75) is 19.3 Å². The maximum Gasteiger partial charge on any atom is 0.0159 e. The van der Waals surface area contributed by atoms with E-state index < -0.39 is 0 Å². The molecule has 0 saturated heterocycles. The van der Waals surface area contributed by atoms with E-state index in [2.05, 4.69) is 220 Å². The Morgan fingerprint density at radius 2 is 0.695 bits per heavy atom. The zero-order chi connectivity index (χ0) is 39.2. The first-order valence-electron chi connectivity index (χ1n) is 20.7. The van der Waals surface area contributed by atoms with Crippen LogP contribution in [-0.2, 0) is 5.41 Å². The fourth-order valence-corrected chi connectivity index (χ4v) is 10.1. The monoisotopic (exact) mass is 748 g/mol. The van der Waals surface area contributed by atoms with Gasteiger partial charge in [-0.3, -0.25) is 0 Å². The summed E-state index contributed by atoms with van der Waals surface area (Å²) in [5.41, 5.74) is 17.6. The third kappa shape index (κ3) is 5.37. The lowest BCUT2D eigenvalue weighted by atomic mass is 9.80. The van der Waals surface area contributed by atoms with Gasteiger partial charge in [0.1, 0.15) is 0 Å². The summed E-state index contributed by atoms with van der Waals surface area (Å²) < 4.78 is 0. The highest BCUT2D eigenvalue weighted by molar-refractivity contribution is 6.25. The first-order chi connectivity index (χ1) is 29.0. The van der Waals surface area contributed by atoms with Crippen molar-refractivity contribution in [3.8, 4) is 66.8 Å². The maximum atomic E-state index is 2.46. The molecule has 0 saturated carbocycles. The van der Waals surface area contributed by atoms with Crippen LogP contribution in [0.15, 0.2) is 206 Å². The number of rotatable bonds is 5. The molecule has 276 valence electrons. The van der Waals surface area contributed by atoms with Crippen LogP contribution in [0.5, 0.6) is 0 Å². The summed E-state index contributed by atoms with van der Waals surface area (Å²) in [5.74, 6) is 0. The van der Waals surface area contributed by atoms with Gasteiger partial charge in [0.2, 0.25) is 0 Å². The standard InChI is InChI=1S/C59H40/c1-59(2)55-35-45(44-21-18-38-12-6-7-13-42(38)30-44)24-27-52(55)53-28-25-46(36-56(53)59)50-33-48(37-10-4-3-5-11-37)32-49(34-50)43-16-9-17-47(31-43)51-26-22-41-20-19-39-14-8-15-40-23-29-54(51)58(41)57(39)40/h3-36H,1-2H3. The molecule has 0 amide bonds. The van der Waals surface area contributed by atoms with Crippen LogP contribution < -0.4 is 0 Å². The Labute approximate surface area is 345 Å². The molecule has 59 heavy (non-hydrogen) atoms. The Bertz CT molecular complexity index is 3440. The van der Waals surface area contributed by atoms with Crippen molar-refractivity contribution in [3.05, 3.63) is 217 Å². The molecule has 0 aromatic heterocycles. The normalized spacial score (nSPS) is 13.1. The molecule has 1 aliphatic carbocycles. The van der Waals surface area contributed by atoms with Gasteiger partial charge in [-0.25, -0.2) is 0 Å². The van der Waals surface area contributed by atoms with Gasteiger partial charge >= 0.3 is 0 Å². The smallest absolute Gasteiger partial charge is 0.0159 e. The first-order valence-corrected chi connectivity index (χ1v) is 20.7. The summed E-state index contributed by atoms with van der Waals surface area (Å²) in [5, 5.41) is 10.4. The van der Waals surface area contributed by atoms with E-state index in [4.69, 9.17) is 0 Å². The summed E-state index contributed by atoms with van der Waals surface area (Å²) in [7, 11) is 0. The molecular formula is C59H40. The fraction of sp³-hybridized carbons (Fsp3) is 0.0508. The highest BCUT2D eigenvalue weighted by Crippen LogP contribution is 2.51. The predicted molar refractivity (Wildman–Crippen MR) is 252 cm³/mol. The van der Waals surface area contributed by atoms with Crippen LogP contribution in [0.4, 0.5) is 0 Å². The molecule has 0 atom stereocenters. The van der Waals surface area contributed by atoms with E-state index in [0.717, 1.165) is 0 Å². The van der Waals surface area contributed by atoms with Gasteiger partial charge in [-0.15, -0.1) is 0 Å². The molecule has 0 heteroatoms. The lowest BCUT2D eigenvalue weighted by Gasteiger charge is -2.23. The van der Waals surface area contributed by atoms with Crippen molar-refractivity contribution in [1.29, 1.82) is 0 Å². The maximum absolute atomic E-state index is 2.46. The van der Waals surface area contributed by atoms with E-state index in [1.165, 1.54) is 121 Å². The molecule has 0 aliphatic heterocycles. The average molecular weight is 749 g/mol. The van der Waals surface area contributed by atoms with Crippen molar-refractivity contribution >= 4 is 43.1 Å². The lowest BCUT2D eigenvalue weighted by molar-refractivity contribution is 0.661. The Morgan fingerprint density at radius 3 is 1.42 bits per heavy atom. The van der Waals surface area contributed by atoms with Crippen LogP contribution in [0.2, 0.25) is 0 Å². The second-order valence-corrected chi connectivity index (χ2v) is 16.9. The van der Waals surface area contributed by atoms with Gasteiger partial charge in [0.25, 0.3) is 0 Å². The van der Waals surface area contributed by atoms with Crippen molar-refractivity contribution in [2.24, 2.45) is 0 Å². The number of fused-ring (bicyclic) bond motifs is 4. The zero-order valence-electron chi connectivity index (χ0n) is 33.1. The van der Waals surface area contributed by atoms with E-state index in [1.807, 2.05) is 0 Å². The molecule has 11 aromatic rings. The Balaban J connectivity index is 0.963. The van der Waals surface area contributed by atoms with E-state index in [1.54, 1.807) is 0 Å². The van der Waals surface area contributed by atoms with Gasteiger partial charge in [-0.05, 0) is 163 Å². The summed E-state index contributed by atoms with van der Waals surface area (Å²) in [4.78, 5) is 0. The second kappa shape index (κ2) is 12.9.